The third-order valence-corrected chi connectivity index (χ3v) is 6.09. The van der Waals surface area contributed by atoms with Crippen LogP contribution in [0.1, 0.15) is 38.7 Å². The van der Waals surface area contributed by atoms with Gasteiger partial charge in [-0.15, -0.1) is 0 Å². The monoisotopic (exact) mass is 432 g/mol. The van der Waals surface area contributed by atoms with Crippen LogP contribution < -0.4 is 5.32 Å². The van der Waals surface area contributed by atoms with Crippen LogP contribution in [0.2, 0.25) is 5.02 Å². The average Bonchev–Trinajstić information content (AvgIpc) is 3.03. The number of rotatable bonds is 2. The number of hydrogen-bond donors (Lipinski definition) is 2. The number of nitrogens with zero attached hydrogens (tertiary/aromatic N) is 1. The van der Waals surface area contributed by atoms with Crippen molar-refractivity contribution >= 4 is 34.9 Å². The molecule has 2 N–H and O–H groups in total. The lowest BCUT2D eigenvalue weighted by Gasteiger charge is -2.43. The van der Waals surface area contributed by atoms with E-state index in [1.165, 1.54) is 6.08 Å². The Morgan fingerprint density at radius 1 is 1.28 bits per heavy atom. The summed E-state index contributed by atoms with van der Waals surface area (Å²) in [4.78, 5) is 27.9. The number of ketones is 1. The van der Waals surface area contributed by atoms with Gasteiger partial charge in [-0.1, -0.05) is 56.1 Å². The summed E-state index contributed by atoms with van der Waals surface area (Å²) in [5, 5.41) is 14.5. The van der Waals surface area contributed by atoms with Crippen molar-refractivity contribution in [3.8, 4) is 0 Å². The van der Waals surface area contributed by atoms with Crippen molar-refractivity contribution in [3.63, 3.8) is 0 Å². The number of amides is 1. The van der Waals surface area contributed by atoms with Gasteiger partial charge in [0.05, 0.1) is 11.0 Å². The molecule has 0 radical (unpaired) electrons. The zero-order valence-electron chi connectivity index (χ0n) is 16.4. The molecule has 5 nitrogen and oxygen atoms in total. The van der Waals surface area contributed by atoms with Crippen molar-refractivity contribution in [1.82, 2.24) is 10.2 Å². The Bertz CT molecular complexity index is 1020. The van der Waals surface area contributed by atoms with Crippen LogP contribution in [0, 0.1) is 5.41 Å². The van der Waals surface area contributed by atoms with E-state index in [1.807, 2.05) is 11.0 Å². The predicted molar refractivity (Wildman–Crippen MR) is 113 cm³/mol. The first-order valence-corrected chi connectivity index (χ1v) is 10.2. The minimum absolute atomic E-state index is 0.0161. The second kappa shape index (κ2) is 6.64. The van der Waals surface area contributed by atoms with Gasteiger partial charge in [-0.25, -0.2) is 0 Å². The van der Waals surface area contributed by atoms with Crippen LogP contribution in [0.25, 0.3) is 0 Å². The van der Waals surface area contributed by atoms with Crippen LogP contribution in [-0.4, -0.2) is 33.8 Å². The lowest BCUT2D eigenvalue weighted by atomic mass is 9.72. The molecule has 0 fully saturated rings. The first kappa shape index (κ1) is 20.0. The maximum Gasteiger partial charge on any atom is 0.255 e. The van der Waals surface area contributed by atoms with Crippen molar-refractivity contribution in [2.45, 2.75) is 38.6 Å². The van der Waals surface area contributed by atoms with E-state index in [2.05, 4.69) is 26.1 Å². The molecule has 2 unspecified atom stereocenters. The van der Waals surface area contributed by atoms with E-state index < -0.39 is 11.5 Å². The van der Waals surface area contributed by atoms with Gasteiger partial charge in [-0.2, -0.15) is 0 Å². The van der Waals surface area contributed by atoms with Gasteiger partial charge < -0.3 is 15.3 Å². The molecule has 1 aliphatic carbocycles. The Kier molecular flexibility index (Phi) is 4.59. The van der Waals surface area contributed by atoms with Gasteiger partial charge in [-0.3, -0.25) is 9.59 Å². The van der Waals surface area contributed by atoms with Crippen LogP contribution in [0.4, 0.5) is 0 Å². The van der Waals surface area contributed by atoms with E-state index >= 15 is 0 Å². The van der Waals surface area contributed by atoms with Crippen LogP contribution in [0.15, 0.2) is 58.6 Å². The molecular weight excluding hydrogens is 411 g/mol. The molecule has 0 saturated carbocycles. The van der Waals surface area contributed by atoms with Crippen molar-refractivity contribution < 1.29 is 14.7 Å². The second-order valence-corrected chi connectivity index (χ2v) is 9.78. The zero-order chi connectivity index (χ0) is 21.1. The first-order valence-electron chi connectivity index (χ1n) is 9.42. The number of benzene rings is 1. The SMILES string of the molecule is CC(C)(C)CN1C=C(O)C(c2cccc(Cl)c2)C12C(=O)NC1=C2CC(=O)C(Cl)=C1. The highest BCUT2D eigenvalue weighted by atomic mass is 35.5. The number of nitrogens with one attached hydrogen (secondary N) is 1. The smallest absolute Gasteiger partial charge is 0.255 e. The standard InChI is InChI=1S/C22H22Cl2N2O3/c1-21(2,3)11-26-10-18(28)19(12-5-4-6-13(23)7-12)22(26)14-8-17(27)15(24)9-16(14)25-20(22)29/h4-7,9-10,19,28H,8,11H2,1-3H3,(H,25,29). The summed E-state index contributed by atoms with van der Waals surface area (Å²) in [5.41, 5.74) is 0.462. The quantitative estimate of drug-likeness (QED) is 0.726. The molecule has 0 saturated heterocycles. The number of halogens is 2. The summed E-state index contributed by atoms with van der Waals surface area (Å²) in [6.45, 7) is 6.68. The number of hydrogen-bond acceptors (Lipinski definition) is 4. The van der Waals surface area contributed by atoms with Crippen molar-refractivity contribution in [2.24, 2.45) is 5.41 Å². The topological polar surface area (TPSA) is 69.6 Å². The lowest BCUT2D eigenvalue weighted by Crippen LogP contribution is -2.57. The van der Waals surface area contributed by atoms with E-state index in [0.717, 1.165) is 0 Å². The zero-order valence-corrected chi connectivity index (χ0v) is 17.9. The normalized spacial score (nSPS) is 26.7. The van der Waals surface area contributed by atoms with E-state index in [0.29, 0.717) is 28.4 Å². The maximum absolute atomic E-state index is 13.5. The Hall–Kier alpha value is -2.24. The lowest BCUT2D eigenvalue weighted by molar-refractivity contribution is -0.128. The van der Waals surface area contributed by atoms with Gasteiger partial charge in [0.1, 0.15) is 5.76 Å². The maximum atomic E-state index is 13.5. The number of carbonyl (C=O) groups is 2. The number of allylic oxidation sites excluding steroid dienone is 2. The summed E-state index contributed by atoms with van der Waals surface area (Å²) in [6.07, 6.45) is 3.15. The molecular formula is C22H22Cl2N2O3. The van der Waals surface area contributed by atoms with Crippen molar-refractivity contribution in [1.29, 1.82) is 0 Å². The number of aliphatic hydroxyl groups excluding tert-OH is 1. The van der Waals surface area contributed by atoms with Crippen LogP contribution in [0.5, 0.6) is 0 Å². The van der Waals surface area contributed by atoms with Crippen LogP contribution in [0.3, 0.4) is 0 Å². The molecule has 2 aliphatic heterocycles. The van der Waals surface area contributed by atoms with Gasteiger partial charge in [0, 0.05) is 29.9 Å². The third-order valence-electron chi connectivity index (χ3n) is 5.54. The van der Waals surface area contributed by atoms with E-state index in [1.54, 1.807) is 24.4 Å². The van der Waals surface area contributed by atoms with Gasteiger partial charge in [0.25, 0.3) is 5.91 Å². The number of Topliss-reactive ketones (excluding diaryl/α,β-unsaturated/α-hetero) is 1. The molecule has 1 amide bonds. The second-order valence-electron chi connectivity index (χ2n) is 8.94. The Morgan fingerprint density at radius 2 is 2.00 bits per heavy atom. The first-order chi connectivity index (χ1) is 13.5. The molecule has 1 aromatic rings. The molecule has 0 aromatic heterocycles. The largest absolute Gasteiger partial charge is 0.510 e. The summed E-state index contributed by atoms with van der Waals surface area (Å²) in [5.74, 6) is -1.15. The van der Waals surface area contributed by atoms with Gasteiger partial charge in [0.2, 0.25) is 0 Å². The fourth-order valence-electron chi connectivity index (χ4n) is 4.55. The molecule has 4 rings (SSSR count). The van der Waals surface area contributed by atoms with Gasteiger partial charge in [0.15, 0.2) is 11.3 Å². The molecule has 1 aromatic carbocycles. The Morgan fingerprint density at radius 3 is 2.66 bits per heavy atom. The van der Waals surface area contributed by atoms with Crippen LogP contribution >= 0.6 is 23.2 Å². The van der Waals surface area contributed by atoms with Crippen molar-refractivity contribution in [3.05, 3.63) is 69.2 Å². The summed E-state index contributed by atoms with van der Waals surface area (Å²) < 4.78 is 0. The van der Waals surface area contributed by atoms with Crippen LogP contribution in [-0.2, 0) is 9.59 Å². The number of aliphatic hydroxyl groups is 1. The molecule has 29 heavy (non-hydrogen) atoms. The minimum Gasteiger partial charge on any atom is -0.510 e. The molecule has 1 spiro atoms. The van der Waals surface area contributed by atoms with E-state index in [-0.39, 0.29) is 34.3 Å². The fourth-order valence-corrected chi connectivity index (χ4v) is 4.92. The Balaban J connectivity index is 1.96. The number of carbonyl (C=O) groups excluding carboxylic acids is 2. The predicted octanol–water partition coefficient (Wildman–Crippen LogP) is 4.40. The molecule has 3 aliphatic rings. The Labute approximate surface area is 179 Å². The summed E-state index contributed by atoms with van der Waals surface area (Å²) in [7, 11) is 0. The van der Waals surface area contributed by atoms with E-state index in [9.17, 15) is 14.7 Å². The van der Waals surface area contributed by atoms with Gasteiger partial charge in [-0.05, 0) is 34.8 Å². The molecule has 0 bridgehead atoms. The number of fused-ring (bicyclic) bond motifs is 1. The molecule has 2 atom stereocenters. The molecule has 7 heteroatoms. The molecule has 2 heterocycles. The minimum atomic E-state index is -1.25. The van der Waals surface area contributed by atoms with Gasteiger partial charge >= 0.3 is 0 Å². The average molecular weight is 433 g/mol. The third kappa shape index (κ3) is 3.08. The highest BCUT2D eigenvalue weighted by molar-refractivity contribution is 6.43. The summed E-state index contributed by atoms with van der Waals surface area (Å²) >= 11 is 12.3. The molecule has 152 valence electrons. The van der Waals surface area contributed by atoms with Crippen molar-refractivity contribution in [2.75, 3.05) is 6.54 Å². The fraction of sp³-hybridized carbons (Fsp3) is 0.364. The highest BCUT2D eigenvalue weighted by Crippen LogP contribution is 2.54. The van der Waals surface area contributed by atoms with E-state index in [4.69, 9.17) is 23.2 Å². The summed E-state index contributed by atoms with van der Waals surface area (Å²) in [6, 6.07) is 7.11. The highest BCUT2D eigenvalue weighted by Gasteiger charge is 2.62.